The molecule has 1 radical (unpaired) electrons. The molecule has 1 aromatic heterocycles. The largest absolute Gasteiger partial charge is 3.00 e. The van der Waals surface area contributed by atoms with E-state index in [2.05, 4.69) is 83.4 Å². The van der Waals surface area contributed by atoms with E-state index < -0.39 is 8.07 Å². The Labute approximate surface area is 247 Å². The molecule has 2 aromatic carbocycles. The van der Waals surface area contributed by atoms with Crippen LogP contribution in [0.4, 0.5) is 0 Å². The van der Waals surface area contributed by atoms with Gasteiger partial charge in [0.2, 0.25) is 0 Å². The molecule has 36 heavy (non-hydrogen) atoms. The molecule has 2 fully saturated rings. The van der Waals surface area contributed by atoms with E-state index >= 15 is 0 Å². The van der Waals surface area contributed by atoms with Crippen molar-refractivity contribution in [3.05, 3.63) is 90.8 Å². The van der Waals surface area contributed by atoms with E-state index in [1.54, 1.807) is 0 Å². The van der Waals surface area contributed by atoms with Crippen molar-refractivity contribution < 1.29 is 64.1 Å². The van der Waals surface area contributed by atoms with Gasteiger partial charge in [-0.05, 0) is 55.5 Å². The SMILES string of the molecule is C1CCOC1.C1CCOC1.CN(Cc1ccccn1)P(c1ccccc1)c1ccccc1.[Cl-].[Cl-].[Cl-].[Cr+3]. The van der Waals surface area contributed by atoms with Crippen LogP contribution in [-0.2, 0) is 33.4 Å². The third-order valence-electron chi connectivity index (χ3n) is 5.11. The van der Waals surface area contributed by atoms with Crippen LogP contribution in [0.5, 0.6) is 0 Å². The Morgan fingerprint density at radius 2 is 1.08 bits per heavy atom. The molecule has 0 N–H and O–H groups in total. The fourth-order valence-corrected chi connectivity index (χ4v) is 5.78. The Balaban J connectivity index is 0. The molecule has 0 bridgehead atoms. The van der Waals surface area contributed by atoms with Crippen molar-refractivity contribution in [1.82, 2.24) is 9.65 Å². The van der Waals surface area contributed by atoms with Crippen molar-refractivity contribution in [3.8, 4) is 0 Å². The summed E-state index contributed by atoms with van der Waals surface area (Å²) in [5, 5.41) is 2.73. The van der Waals surface area contributed by atoms with Crippen LogP contribution in [0.1, 0.15) is 31.4 Å². The number of benzene rings is 2. The zero-order valence-corrected chi connectivity index (χ0v) is 25.1. The maximum atomic E-state index is 4.94. The monoisotopic (exact) mass is 607 g/mol. The van der Waals surface area contributed by atoms with E-state index in [1.807, 2.05) is 18.3 Å². The van der Waals surface area contributed by atoms with Crippen molar-refractivity contribution in [2.45, 2.75) is 32.2 Å². The number of rotatable bonds is 5. The molecule has 4 nitrogen and oxygen atoms in total. The van der Waals surface area contributed by atoms with Crippen LogP contribution in [0.25, 0.3) is 0 Å². The third-order valence-corrected chi connectivity index (χ3v) is 7.51. The Bertz CT molecular complexity index is 798. The molecule has 5 rings (SSSR count). The molecule has 2 aliphatic rings. The summed E-state index contributed by atoms with van der Waals surface area (Å²) in [6, 6.07) is 27.5. The van der Waals surface area contributed by atoms with Gasteiger partial charge < -0.3 is 46.7 Å². The Morgan fingerprint density at radius 3 is 1.42 bits per heavy atom. The number of pyridine rings is 1. The smallest absolute Gasteiger partial charge is 1.00 e. The maximum Gasteiger partial charge on any atom is 3.00 e. The molecular weight excluding hydrogens is 574 g/mol. The van der Waals surface area contributed by atoms with Gasteiger partial charge in [-0.25, -0.2) is 0 Å². The Kier molecular flexibility index (Phi) is 24.4. The van der Waals surface area contributed by atoms with E-state index in [-0.39, 0.29) is 54.6 Å². The standard InChI is InChI=1S/C19H19N2P.2C4H8O.3ClH.Cr/c1-21(16-17-10-8-9-15-20-17)22(18-11-4-2-5-12-18)19-13-6-3-7-14-19;2*1-2-4-5-3-1;;;;/h2-15H,16H2,1H3;2*1-4H2;3*1H;/q;;;;;;+3/p-3. The zero-order valence-electron chi connectivity index (χ0n) is 20.6. The predicted octanol–water partition coefficient (Wildman–Crippen LogP) is -3.84. The third kappa shape index (κ3) is 14.3. The van der Waals surface area contributed by atoms with Crippen LogP contribution < -0.4 is 47.8 Å². The summed E-state index contributed by atoms with van der Waals surface area (Å²) in [6.07, 6.45) is 6.97. The van der Waals surface area contributed by atoms with Crippen LogP contribution in [-0.4, -0.2) is 43.1 Å². The molecule has 0 amide bonds. The second-order valence-electron chi connectivity index (χ2n) is 7.76. The molecular formula is C27H35Cl3CrN2O2P. The average Bonchev–Trinajstić information content (AvgIpc) is 3.61. The number of aromatic nitrogens is 1. The minimum Gasteiger partial charge on any atom is -1.00 e. The molecule has 0 spiro atoms. The Hall–Kier alpha value is -0.698. The van der Waals surface area contributed by atoms with Gasteiger partial charge in [0.1, 0.15) is 0 Å². The first kappa shape index (κ1) is 37.5. The number of nitrogens with zero attached hydrogens (tertiary/aromatic N) is 2. The first-order valence-electron chi connectivity index (χ1n) is 11.5. The van der Waals surface area contributed by atoms with Crippen LogP contribution in [0.3, 0.4) is 0 Å². The topological polar surface area (TPSA) is 34.6 Å². The molecule has 0 atom stereocenters. The second-order valence-corrected chi connectivity index (χ2v) is 10.1. The van der Waals surface area contributed by atoms with E-state index in [9.17, 15) is 0 Å². The van der Waals surface area contributed by atoms with Gasteiger partial charge in [0.25, 0.3) is 0 Å². The van der Waals surface area contributed by atoms with Crippen LogP contribution in [0, 0.1) is 0 Å². The summed E-state index contributed by atoms with van der Waals surface area (Å²) in [5.74, 6) is 0. The van der Waals surface area contributed by atoms with E-state index in [0.29, 0.717) is 0 Å². The predicted molar refractivity (Wildman–Crippen MR) is 135 cm³/mol. The number of ether oxygens (including phenoxy) is 2. The molecule has 2 aliphatic heterocycles. The minimum atomic E-state index is -0.542. The summed E-state index contributed by atoms with van der Waals surface area (Å²) < 4.78 is 12.3. The minimum absolute atomic E-state index is 0. The maximum absolute atomic E-state index is 4.94. The van der Waals surface area contributed by atoms with E-state index in [0.717, 1.165) is 38.7 Å². The molecule has 0 saturated carbocycles. The van der Waals surface area contributed by atoms with Gasteiger partial charge in [0, 0.05) is 47.2 Å². The van der Waals surface area contributed by atoms with Crippen molar-refractivity contribution in [3.63, 3.8) is 0 Å². The summed E-state index contributed by atoms with van der Waals surface area (Å²) >= 11 is 0. The van der Waals surface area contributed by atoms with Gasteiger partial charge in [0.05, 0.1) is 5.69 Å². The second kappa shape index (κ2) is 23.4. The van der Waals surface area contributed by atoms with Gasteiger partial charge >= 0.3 is 17.4 Å². The van der Waals surface area contributed by atoms with Gasteiger partial charge in [-0.3, -0.25) is 9.65 Å². The molecule has 197 valence electrons. The van der Waals surface area contributed by atoms with Crippen LogP contribution in [0.2, 0.25) is 0 Å². The average molecular weight is 609 g/mol. The van der Waals surface area contributed by atoms with Gasteiger partial charge in [-0.2, -0.15) is 0 Å². The van der Waals surface area contributed by atoms with E-state index in [4.69, 9.17) is 9.47 Å². The zero-order chi connectivity index (χ0) is 22.3. The van der Waals surface area contributed by atoms with Crippen molar-refractivity contribution >= 4 is 18.7 Å². The normalized spacial score (nSPS) is 13.4. The van der Waals surface area contributed by atoms with E-state index in [1.165, 1.54) is 36.3 Å². The number of hydrogen-bond acceptors (Lipinski definition) is 4. The van der Waals surface area contributed by atoms with Crippen LogP contribution in [0.15, 0.2) is 85.1 Å². The first-order chi connectivity index (χ1) is 15.8. The molecule has 9 heteroatoms. The molecule has 0 unspecified atom stereocenters. The summed E-state index contributed by atoms with van der Waals surface area (Å²) in [6.45, 7) is 4.84. The first-order valence-corrected chi connectivity index (χ1v) is 12.8. The Morgan fingerprint density at radius 1 is 0.667 bits per heavy atom. The molecule has 0 aliphatic carbocycles. The van der Waals surface area contributed by atoms with Crippen molar-refractivity contribution in [1.29, 1.82) is 0 Å². The summed E-state index contributed by atoms with van der Waals surface area (Å²) in [4.78, 5) is 4.46. The fourth-order valence-electron chi connectivity index (χ4n) is 3.50. The van der Waals surface area contributed by atoms with Gasteiger partial charge in [-0.1, -0.05) is 66.7 Å². The van der Waals surface area contributed by atoms with Gasteiger partial charge in [-0.15, -0.1) is 0 Å². The summed E-state index contributed by atoms with van der Waals surface area (Å²) in [5.41, 5.74) is 1.10. The summed E-state index contributed by atoms with van der Waals surface area (Å²) in [7, 11) is 1.64. The molecule has 3 heterocycles. The van der Waals surface area contributed by atoms with Crippen molar-refractivity contribution in [2.24, 2.45) is 0 Å². The number of halogens is 3. The van der Waals surface area contributed by atoms with Gasteiger partial charge in [0.15, 0.2) is 0 Å². The molecule has 2 saturated heterocycles. The quantitative estimate of drug-likeness (QED) is 0.278. The molecule has 3 aromatic rings. The van der Waals surface area contributed by atoms with Crippen molar-refractivity contribution in [2.75, 3.05) is 33.5 Å². The number of hydrogen-bond donors (Lipinski definition) is 0. The van der Waals surface area contributed by atoms with Crippen LogP contribution >= 0.6 is 8.07 Å². The fraction of sp³-hybridized carbons (Fsp3) is 0.370.